The number of phenolic OH excluding ortho intramolecular Hbond substituents is 1. The van der Waals surface area contributed by atoms with Crippen LogP contribution in [0, 0.1) is 10.1 Å². The normalized spacial score (nSPS) is 12.4. The number of carbonyl (C=O) groups is 2. The maximum Gasteiger partial charge on any atom is 0.289 e. The molecule has 10 nitrogen and oxygen atoms in total. The average Bonchev–Trinajstić information content (AvgIpc) is 3.18. The molecule has 0 radical (unpaired) electrons. The summed E-state index contributed by atoms with van der Waals surface area (Å²) in [7, 11) is 2.77. The van der Waals surface area contributed by atoms with Gasteiger partial charge in [-0.3, -0.25) is 19.7 Å². The van der Waals surface area contributed by atoms with Crippen molar-refractivity contribution >= 4 is 34.5 Å². The Morgan fingerprint density at radius 3 is 2.66 bits per heavy atom. The first kappa shape index (κ1) is 22.3. The number of carbonyl (C=O) groups excluding carboxylic acids is 2. The highest BCUT2D eigenvalue weighted by Gasteiger charge is 2.30. The summed E-state index contributed by atoms with van der Waals surface area (Å²) < 4.78 is 0. The Morgan fingerprint density at radius 2 is 2.00 bits per heavy atom. The molecule has 0 unspecified atom stereocenters. The number of benzene rings is 2. The molecule has 2 aromatic carbocycles. The van der Waals surface area contributed by atoms with Crippen LogP contribution in [0.4, 0.5) is 5.69 Å². The summed E-state index contributed by atoms with van der Waals surface area (Å²) in [6.45, 7) is 0. The number of nitrogens with one attached hydrogen (secondary N) is 2. The van der Waals surface area contributed by atoms with Crippen molar-refractivity contribution in [1.29, 1.82) is 0 Å². The number of nitrogens with zero attached hydrogens (tertiary/aromatic N) is 2. The average molecular weight is 438 g/mol. The number of likely N-dealkylation sites (N-methyl/N-ethyl adjacent to an activating group) is 2. The second kappa shape index (κ2) is 9.21. The van der Waals surface area contributed by atoms with Gasteiger partial charge >= 0.3 is 0 Å². The van der Waals surface area contributed by atoms with Gasteiger partial charge in [-0.1, -0.05) is 18.2 Å². The van der Waals surface area contributed by atoms with Crippen molar-refractivity contribution in [3.8, 4) is 5.75 Å². The van der Waals surface area contributed by atoms with Crippen LogP contribution in [0.15, 0.2) is 54.4 Å². The van der Waals surface area contributed by atoms with Crippen molar-refractivity contribution in [3.05, 3.63) is 75.7 Å². The van der Waals surface area contributed by atoms with Gasteiger partial charge in [0.05, 0.1) is 15.8 Å². The summed E-state index contributed by atoms with van der Waals surface area (Å²) in [5.74, 6) is -1.98. The number of aliphatic hydroxyl groups is 1. The van der Waals surface area contributed by atoms with Crippen molar-refractivity contribution in [3.63, 3.8) is 0 Å². The number of hydrogen-bond donors (Lipinski definition) is 4. The zero-order valence-electron chi connectivity index (χ0n) is 17.4. The van der Waals surface area contributed by atoms with Crippen LogP contribution in [0.5, 0.6) is 5.75 Å². The van der Waals surface area contributed by atoms with Crippen molar-refractivity contribution in [2.45, 2.75) is 12.5 Å². The molecule has 0 aliphatic carbocycles. The number of aromatic nitrogens is 1. The monoisotopic (exact) mass is 438 g/mol. The standard InChI is InChI=1S/C22H22N4O6/c1-23-21(29)18(11-14-12-24-16-7-4-8-17(20(14)16)26(31)32)25(2)22(30)19(28)10-13-5-3-6-15(27)9-13/h3-10,12,18,24,27-28H,11H2,1-2H3,(H,23,29)/b19-10+/t18-/m0/s1. The van der Waals surface area contributed by atoms with Crippen LogP contribution in [0.3, 0.4) is 0 Å². The maximum atomic E-state index is 12.8. The molecule has 1 heterocycles. The number of fused-ring (bicyclic) bond motifs is 1. The fourth-order valence-corrected chi connectivity index (χ4v) is 3.48. The minimum Gasteiger partial charge on any atom is -0.508 e. The van der Waals surface area contributed by atoms with Crippen molar-refractivity contribution in [1.82, 2.24) is 15.2 Å². The number of rotatable bonds is 7. The number of H-pyrrole nitrogens is 1. The van der Waals surface area contributed by atoms with E-state index in [1.54, 1.807) is 30.5 Å². The highest BCUT2D eigenvalue weighted by atomic mass is 16.6. The Balaban J connectivity index is 1.93. The highest BCUT2D eigenvalue weighted by Crippen LogP contribution is 2.30. The number of nitro groups is 1. The van der Waals surface area contributed by atoms with E-state index >= 15 is 0 Å². The second-order valence-corrected chi connectivity index (χ2v) is 7.15. The summed E-state index contributed by atoms with van der Waals surface area (Å²) in [5.41, 5.74) is 1.30. The van der Waals surface area contributed by atoms with Gasteiger partial charge in [0.25, 0.3) is 11.6 Å². The van der Waals surface area contributed by atoms with Gasteiger partial charge in [-0.05, 0) is 35.4 Å². The first-order valence-electron chi connectivity index (χ1n) is 9.64. The topological polar surface area (TPSA) is 149 Å². The van der Waals surface area contributed by atoms with E-state index in [9.17, 15) is 29.9 Å². The summed E-state index contributed by atoms with van der Waals surface area (Å²) in [6, 6.07) is 9.51. The van der Waals surface area contributed by atoms with E-state index in [2.05, 4.69) is 10.3 Å². The smallest absolute Gasteiger partial charge is 0.289 e. The molecule has 0 bridgehead atoms. The van der Waals surface area contributed by atoms with Crippen LogP contribution in [0.2, 0.25) is 0 Å². The maximum absolute atomic E-state index is 12.8. The predicted molar refractivity (Wildman–Crippen MR) is 118 cm³/mol. The van der Waals surface area contributed by atoms with Crippen molar-refractivity contribution in [2.24, 2.45) is 0 Å². The number of nitro benzene ring substituents is 1. The lowest BCUT2D eigenvalue weighted by atomic mass is 10.0. The fraction of sp³-hybridized carbons (Fsp3) is 0.182. The summed E-state index contributed by atoms with van der Waals surface area (Å²) in [5, 5.41) is 34.2. The second-order valence-electron chi connectivity index (χ2n) is 7.15. The third kappa shape index (κ3) is 4.53. The van der Waals surface area contributed by atoms with Crippen LogP contribution < -0.4 is 5.32 Å². The largest absolute Gasteiger partial charge is 0.508 e. The molecule has 166 valence electrons. The summed E-state index contributed by atoms with van der Waals surface area (Å²) in [6.07, 6.45) is 2.72. The Morgan fingerprint density at radius 1 is 1.28 bits per heavy atom. The van der Waals surface area contributed by atoms with Crippen LogP contribution in [-0.4, -0.2) is 57.0 Å². The molecular formula is C22H22N4O6. The van der Waals surface area contributed by atoms with Gasteiger partial charge in [0.2, 0.25) is 5.91 Å². The molecule has 0 spiro atoms. The van der Waals surface area contributed by atoms with Gasteiger partial charge in [-0.15, -0.1) is 0 Å². The first-order valence-corrected chi connectivity index (χ1v) is 9.64. The van der Waals surface area contributed by atoms with E-state index in [4.69, 9.17) is 0 Å². The molecule has 10 heteroatoms. The van der Waals surface area contributed by atoms with E-state index in [0.29, 0.717) is 22.0 Å². The van der Waals surface area contributed by atoms with Gasteiger partial charge in [0, 0.05) is 32.8 Å². The van der Waals surface area contributed by atoms with Gasteiger partial charge < -0.3 is 25.4 Å². The molecule has 4 N–H and O–H groups in total. The fourth-order valence-electron chi connectivity index (χ4n) is 3.48. The van der Waals surface area contributed by atoms with Crippen molar-refractivity contribution < 1.29 is 24.7 Å². The summed E-state index contributed by atoms with van der Waals surface area (Å²) in [4.78, 5) is 40.4. The van der Waals surface area contributed by atoms with Crippen molar-refractivity contribution in [2.75, 3.05) is 14.1 Å². The van der Waals surface area contributed by atoms with Crippen LogP contribution in [0.1, 0.15) is 11.1 Å². The van der Waals surface area contributed by atoms with Gasteiger partial charge in [-0.2, -0.15) is 0 Å². The molecule has 0 aliphatic rings. The number of hydrogen-bond acceptors (Lipinski definition) is 6. The lowest BCUT2D eigenvalue weighted by Crippen LogP contribution is -2.48. The summed E-state index contributed by atoms with van der Waals surface area (Å²) >= 11 is 0. The highest BCUT2D eigenvalue weighted by molar-refractivity contribution is 5.99. The van der Waals surface area contributed by atoms with E-state index in [1.807, 2.05) is 0 Å². The molecule has 0 fully saturated rings. The number of aliphatic hydroxyl groups excluding tert-OH is 1. The zero-order valence-corrected chi connectivity index (χ0v) is 17.4. The third-order valence-corrected chi connectivity index (χ3v) is 5.11. The van der Waals surface area contributed by atoms with Crippen LogP contribution in [0.25, 0.3) is 17.0 Å². The minimum absolute atomic E-state index is 0.0217. The predicted octanol–water partition coefficient (Wildman–Crippen LogP) is 2.50. The van der Waals surface area contributed by atoms with Gasteiger partial charge in [0.1, 0.15) is 11.8 Å². The number of aromatic amines is 1. The molecule has 3 aromatic rings. The SMILES string of the molecule is CNC(=O)[C@H](Cc1c[nH]c2cccc([N+](=O)[O-])c12)N(C)C(=O)/C(O)=C\c1cccc(O)c1. The minimum atomic E-state index is -1.05. The Kier molecular flexibility index (Phi) is 6.43. The lowest BCUT2D eigenvalue weighted by Gasteiger charge is -2.26. The quantitative estimate of drug-likeness (QED) is 0.193. The van der Waals surface area contributed by atoms with Gasteiger partial charge in [-0.25, -0.2) is 0 Å². The molecular weight excluding hydrogens is 416 g/mol. The number of amides is 2. The van der Waals surface area contributed by atoms with E-state index in [0.717, 1.165) is 4.90 Å². The molecule has 2 amide bonds. The van der Waals surface area contributed by atoms with Crippen LogP contribution in [-0.2, 0) is 16.0 Å². The molecule has 32 heavy (non-hydrogen) atoms. The Bertz CT molecular complexity index is 1220. The van der Waals surface area contributed by atoms with Gasteiger partial charge in [0.15, 0.2) is 5.76 Å². The molecule has 0 saturated carbocycles. The molecule has 3 rings (SSSR count). The lowest BCUT2D eigenvalue weighted by molar-refractivity contribution is -0.383. The first-order chi connectivity index (χ1) is 15.2. The Hall–Kier alpha value is -4.34. The molecule has 0 aliphatic heterocycles. The van der Waals surface area contributed by atoms with E-state index < -0.39 is 28.5 Å². The molecule has 1 aromatic heterocycles. The molecule has 0 saturated heterocycles. The number of non-ortho nitro benzene ring substituents is 1. The van der Waals surface area contributed by atoms with Crippen LogP contribution >= 0.6 is 0 Å². The number of aromatic hydroxyl groups is 1. The zero-order chi connectivity index (χ0) is 23.4. The Labute approximate surface area is 182 Å². The molecule has 1 atom stereocenters. The number of phenols is 1. The van der Waals surface area contributed by atoms with E-state index in [-0.39, 0.29) is 17.9 Å². The van der Waals surface area contributed by atoms with E-state index in [1.165, 1.54) is 38.4 Å². The third-order valence-electron chi connectivity index (χ3n) is 5.11.